The van der Waals surface area contributed by atoms with E-state index in [9.17, 15) is 22.8 Å². The number of nitrogens with zero attached hydrogens (tertiary/aromatic N) is 3. The lowest BCUT2D eigenvalue weighted by molar-refractivity contribution is -0.143. The number of alkyl halides is 3. The predicted molar refractivity (Wildman–Crippen MR) is 93.3 cm³/mol. The molecule has 1 fully saturated rings. The summed E-state index contributed by atoms with van der Waals surface area (Å²) in [5.41, 5.74) is -1.91. The molecule has 1 atom stereocenters. The number of aromatic nitrogens is 2. The van der Waals surface area contributed by atoms with Crippen LogP contribution in [0.1, 0.15) is 33.3 Å². The molecule has 6 nitrogen and oxygen atoms in total. The van der Waals surface area contributed by atoms with Gasteiger partial charge in [0.2, 0.25) is 0 Å². The molecule has 2 aromatic rings. The normalized spacial score (nSPS) is 17.8. The van der Waals surface area contributed by atoms with Gasteiger partial charge in [-0.15, -0.1) is 0 Å². The van der Waals surface area contributed by atoms with Gasteiger partial charge >= 0.3 is 12.1 Å². The van der Waals surface area contributed by atoms with Gasteiger partial charge in [-0.1, -0.05) is 6.92 Å². The summed E-state index contributed by atoms with van der Waals surface area (Å²) in [6.07, 6.45) is -4.22. The molecular formula is C17H16F3N3O3S. The molecule has 0 bridgehead atoms. The molecule has 0 saturated carbocycles. The van der Waals surface area contributed by atoms with E-state index in [0.29, 0.717) is 34.8 Å². The predicted octanol–water partition coefficient (Wildman–Crippen LogP) is 3.17. The van der Waals surface area contributed by atoms with Gasteiger partial charge in [0.1, 0.15) is 5.56 Å². The number of halogens is 3. The Balaban J connectivity index is 1.90. The quantitative estimate of drug-likeness (QED) is 0.858. The number of aromatic carboxylic acids is 1. The van der Waals surface area contributed by atoms with Crippen LogP contribution in [0.5, 0.6) is 0 Å². The highest BCUT2D eigenvalue weighted by Gasteiger charge is 2.40. The van der Waals surface area contributed by atoms with Crippen LogP contribution < -0.4 is 0 Å². The Kier molecular flexibility index (Phi) is 5.18. The first-order valence-corrected chi connectivity index (χ1v) is 9.13. The topological polar surface area (TPSA) is 75.4 Å². The van der Waals surface area contributed by atoms with E-state index >= 15 is 0 Å². The molecule has 3 rings (SSSR count). The minimum absolute atomic E-state index is 0.0222. The molecular weight excluding hydrogens is 383 g/mol. The largest absolute Gasteiger partial charge is 0.478 e. The van der Waals surface area contributed by atoms with Crippen LogP contribution in [0.3, 0.4) is 0 Å². The number of hydrogen-bond donors (Lipinski definition) is 1. The SMILES string of the molecule is CC1CN(C(=O)c2ccc(-n3ncc(C(=O)O)c3C(F)(F)F)cc2)CCS1. The van der Waals surface area contributed by atoms with Crippen molar-refractivity contribution in [1.29, 1.82) is 0 Å². The molecule has 1 unspecified atom stereocenters. The first-order valence-electron chi connectivity index (χ1n) is 8.08. The first-order chi connectivity index (χ1) is 12.7. The number of benzene rings is 1. The van der Waals surface area contributed by atoms with E-state index < -0.39 is 23.4 Å². The molecule has 1 saturated heterocycles. The molecule has 0 spiro atoms. The zero-order valence-corrected chi connectivity index (χ0v) is 15.0. The number of thioether (sulfide) groups is 1. The fourth-order valence-electron chi connectivity index (χ4n) is 2.90. The van der Waals surface area contributed by atoms with Gasteiger partial charge in [-0.25, -0.2) is 9.48 Å². The second-order valence-corrected chi connectivity index (χ2v) is 7.65. The summed E-state index contributed by atoms with van der Waals surface area (Å²) < 4.78 is 40.4. The van der Waals surface area contributed by atoms with Gasteiger partial charge in [-0.2, -0.15) is 30.0 Å². The van der Waals surface area contributed by atoms with Crippen molar-refractivity contribution in [2.24, 2.45) is 0 Å². The maximum Gasteiger partial charge on any atom is 0.434 e. The zero-order valence-electron chi connectivity index (χ0n) is 14.2. The van der Waals surface area contributed by atoms with Crippen molar-refractivity contribution in [3.05, 3.63) is 47.3 Å². The van der Waals surface area contributed by atoms with Gasteiger partial charge < -0.3 is 10.0 Å². The summed E-state index contributed by atoms with van der Waals surface area (Å²) in [6.45, 7) is 3.27. The van der Waals surface area contributed by atoms with Gasteiger partial charge in [-0.05, 0) is 24.3 Å². The van der Waals surface area contributed by atoms with Crippen LogP contribution in [0.25, 0.3) is 5.69 Å². The number of rotatable bonds is 3. The summed E-state index contributed by atoms with van der Waals surface area (Å²) in [5.74, 6) is -1.06. The number of carbonyl (C=O) groups excluding carboxylic acids is 1. The molecule has 1 N–H and O–H groups in total. The highest BCUT2D eigenvalue weighted by Crippen LogP contribution is 2.33. The monoisotopic (exact) mass is 399 g/mol. The van der Waals surface area contributed by atoms with Crippen LogP contribution in [-0.2, 0) is 6.18 Å². The Hall–Kier alpha value is -2.49. The van der Waals surface area contributed by atoms with Gasteiger partial charge in [0.05, 0.1) is 11.9 Å². The second-order valence-electron chi connectivity index (χ2n) is 6.10. The van der Waals surface area contributed by atoms with E-state index in [1.165, 1.54) is 24.3 Å². The standard InChI is InChI=1S/C17H16F3N3O3S/c1-10-9-22(6-7-27-10)15(24)11-2-4-12(5-3-11)23-14(17(18,19)20)13(8-21-23)16(25)26/h2-5,8,10H,6-7,9H2,1H3,(H,25,26). The number of amides is 1. The second kappa shape index (κ2) is 7.26. The van der Waals surface area contributed by atoms with Crippen molar-refractivity contribution in [2.45, 2.75) is 18.3 Å². The molecule has 1 amide bonds. The van der Waals surface area contributed by atoms with Crippen LogP contribution >= 0.6 is 11.8 Å². The number of carboxylic acids is 1. The molecule has 0 radical (unpaired) electrons. The van der Waals surface area contributed by atoms with Gasteiger partial charge in [0.15, 0.2) is 5.69 Å². The van der Waals surface area contributed by atoms with E-state index in [0.717, 1.165) is 5.75 Å². The maximum atomic E-state index is 13.3. The first kappa shape index (κ1) is 19.3. The zero-order chi connectivity index (χ0) is 19.8. The summed E-state index contributed by atoms with van der Waals surface area (Å²) >= 11 is 1.78. The van der Waals surface area contributed by atoms with Crippen molar-refractivity contribution >= 4 is 23.6 Å². The lowest BCUT2D eigenvalue weighted by Gasteiger charge is -2.30. The van der Waals surface area contributed by atoms with Crippen LogP contribution in [0.15, 0.2) is 30.5 Å². The number of carboxylic acid groups (broad SMARTS) is 1. The maximum absolute atomic E-state index is 13.3. The van der Waals surface area contributed by atoms with Crippen molar-refractivity contribution in [2.75, 3.05) is 18.8 Å². The summed E-state index contributed by atoms with van der Waals surface area (Å²) in [6, 6.07) is 5.49. The Morgan fingerprint density at radius 2 is 1.93 bits per heavy atom. The molecule has 1 aromatic carbocycles. The highest BCUT2D eigenvalue weighted by atomic mass is 32.2. The van der Waals surface area contributed by atoms with E-state index in [-0.39, 0.29) is 11.6 Å². The third-order valence-electron chi connectivity index (χ3n) is 4.16. The highest BCUT2D eigenvalue weighted by molar-refractivity contribution is 7.99. The van der Waals surface area contributed by atoms with E-state index in [1.54, 1.807) is 16.7 Å². The Morgan fingerprint density at radius 3 is 2.48 bits per heavy atom. The van der Waals surface area contributed by atoms with Crippen molar-refractivity contribution in [3.8, 4) is 5.69 Å². The smallest absolute Gasteiger partial charge is 0.434 e. The van der Waals surface area contributed by atoms with Crippen molar-refractivity contribution in [3.63, 3.8) is 0 Å². The molecule has 27 heavy (non-hydrogen) atoms. The Bertz CT molecular complexity index is 865. The molecule has 1 aromatic heterocycles. The molecule has 1 aliphatic heterocycles. The molecule has 10 heteroatoms. The van der Waals surface area contributed by atoms with Crippen LogP contribution in [0.4, 0.5) is 13.2 Å². The summed E-state index contributed by atoms with van der Waals surface area (Å²) in [7, 11) is 0. The number of hydrogen-bond acceptors (Lipinski definition) is 4. The minimum atomic E-state index is -4.89. The Labute approximate surface area is 157 Å². The minimum Gasteiger partial charge on any atom is -0.478 e. The lowest BCUT2D eigenvalue weighted by Crippen LogP contribution is -2.41. The van der Waals surface area contributed by atoms with E-state index in [1.807, 2.05) is 6.92 Å². The fraction of sp³-hybridized carbons (Fsp3) is 0.353. The van der Waals surface area contributed by atoms with Gasteiger partial charge in [0, 0.05) is 29.7 Å². The van der Waals surface area contributed by atoms with Gasteiger partial charge in [0.25, 0.3) is 5.91 Å². The lowest BCUT2D eigenvalue weighted by atomic mass is 10.1. The molecule has 2 heterocycles. The molecule has 0 aliphatic carbocycles. The van der Waals surface area contributed by atoms with E-state index in [2.05, 4.69) is 5.10 Å². The fourth-order valence-corrected chi connectivity index (χ4v) is 3.92. The summed E-state index contributed by atoms with van der Waals surface area (Å²) in [5, 5.41) is 12.9. The van der Waals surface area contributed by atoms with Crippen molar-refractivity contribution < 1.29 is 27.9 Å². The molecule has 1 aliphatic rings. The third kappa shape index (κ3) is 3.95. The summed E-state index contributed by atoms with van der Waals surface area (Å²) in [4.78, 5) is 25.3. The van der Waals surface area contributed by atoms with Crippen LogP contribution in [-0.4, -0.2) is 55.8 Å². The van der Waals surface area contributed by atoms with Crippen LogP contribution in [0, 0.1) is 0 Å². The average Bonchev–Trinajstić information content (AvgIpc) is 3.07. The molecule has 144 valence electrons. The van der Waals surface area contributed by atoms with Crippen molar-refractivity contribution in [1.82, 2.24) is 14.7 Å². The average molecular weight is 399 g/mol. The third-order valence-corrected chi connectivity index (χ3v) is 5.29. The van der Waals surface area contributed by atoms with Gasteiger partial charge in [-0.3, -0.25) is 4.79 Å². The van der Waals surface area contributed by atoms with Crippen LogP contribution in [0.2, 0.25) is 0 Å². The number of carbonyl (C=O) groups is 2. The van der Waals surface area contributed by atoms with E-state index in [4.69, 9.17) is 5.11 Å². The Morgan fingerprint density at radius 1 is 1.26 bits per heavy atom.